The van der Waals surface area contributed by atoms with Crippen LogP contribution in [0.25, 0.3) is 0 Å². The molecule has 1 aliphatic rings. The van der Waals surface area contributed by atoms with Crippen LogP contribution in [0, 0.1) is 0 Å². The van der Waals surface area contributed by atoms with Crippen molar-refractivity contribution in [1.29, 1.82) is 0 Å². The molecule has 1 atom stereocenters. The minimum atomic E-state index is 0.635. The molecule has 0 aromatic heterocycles. The summed E-state index contributed by atoms with van der Waals surface area (Å²) >= 11 is 0. The molecule has 1 fully saturated rings. The number of rotatable bonds is 7. The van der Waals surface area contributed by atoms with Gasteiger partial charge in [0.2, 0.25) is 0 Å². The van der Waals surface area contributed by atoms with E-state index >= 15 is 0 Å². The van der Waals surface area contributed by atoms with Gasteiger partial charge < -0.3 is 10.6 Å². The Kier molecular flexibility index (Phi) is 8.30. The van der Waals surface area contributed by atoms with Gasteiger partial charge in [0.1, 0.15) is 0 Å². The van der Waals surface area contributed by atoms with Crippen molar-refractivity contribution in [2.75, 3.05) is 32.7 Å². The van der Waals surface area contributed by atoms with Crippen molar-refractivity contribution in [1.82, 2.24) is 15.5 Å². The standard InChI is InChI=1S/C15H30N4/c1-4-7-8-11-17-15(16-5-2)18-13-14-10-9-12-19(14)6-3/h4,7,14H,5-6,8-13H2,1-3H3,(H2,16,17,18). The number of allylic oxidation sites excluding steroid dienone is 1. The highest BCUT2D eigenvalue weighted by Crippen LogP contribution is 2.16. The number of likely N-dealkylation sites (tertiary alicyclic amines) is 1. The summed E-state index contributed by atoms with van der Waals surface area (Å²) in [7, 11) is 0. The summed E-state index contributed by atoms with van der Waals surface area (Å²) in [6.45, 7) is 11.6. The first-order valence-electron chi connectivity index (χ1n) is 7.69. The highest BCUT2D eigenvalue weighted by Gasteiger charge is 2.22. The first-order valence-corrected chi connectivity index (χ1v) is 7.69. The van der Waals surface area contributed by atoms with E-state index in [2.05, 4.69) is 48.5 Å². The monoisotopic (exact) mass is 266 g/mol. The summed E-state index contributed by atoms with van der Waals surface area (Å²) in [5, 5.41) is 6.69. The van der Waals surface area contributed by atoms with E-state index in [9.17, 15) is 0 Å². The van der Waals surface area contributed by atoms with Gasteiger partial charge in [-0.05, 0) is 46.2 Å². The number of hydrogen-bond donors (Lipinski definition) is 2. The largest absolute Gasteiger partial charge is 0.357 e. The predicted octanol–water partition coefficient (Wildman–Crippen LogP) is 1.99. The first kappa shape index (κ1) is 16.0. The molecule has 1 heterocycles. The average molecular weight is 266 g/mol. The van der Waals surface area contributed by atoms with Crippen LogP contribution in [-0.4, -0.2) is 49.6 Å². The lowest BCUT2D eigenvalue weighted by Crippen LogP contribution is -2.39. The molecule has 0 aliphatic carbocycles. The zero-order valence-electron chi connectivity index (χ0n) is 12.8. The molecule has 19 heavy (non-hydrogen) atoms. The summed E-state index contributed by atoms with van der Waals surface area (Å²) in [4.78, 5) is 7.25. The summed E-state index contributed by atoms with van der Waals surface area (Å²) in [6, 6.07) is 0.635. The fourth-order valence-electron chi connectivity index (χ4n) is 2.50. The van der Waals surface area contributed by atoms with Crippen molar-refractivity contribution >= 4 is 5.96 Å². The number of nitrogens with one attached hydrogen (secondary N) is 2. The van der Waals surface area contributed by atoms with E-state index < -0.39 is 0 Å². The van der Waals surface area contributed by atoms with Gasteiger partial charge in [-0.1, -0.05) is 19.1 Å². The van der Waals surface area contributed by atoms with Gasteiger partial charge >= 0.3 is 0 Å². The smallest absolute Gasteiger partial charge is 0.191 e. The van der Waals surface area contributed by atoms with Crippen LogP contribution < -0.4 is 10.6 Å². The van der Waals surface area contributed by atoms with E-state index in [1.54, 1.807) is 0 Å². The lowest BCUT2D eigenvalue weighted by atomic mass is 10.2. The molecule has 1 saturated heterocycles. The minimum absolute atomic E-state index is 0.635. The van der Waals surface area contributed by atoms with Crippen LogP contribution in [0.15, 0.2) is 17.1 Å². The maximum atomic E-state index is 4.72. The van der Waals surface area contributed by atoms with Crippen molar-refractivity contribution in [2.24, 2.45) is 4.99 Å². The van der Waals surface area contributed by atoms with Crippen molar-refractivity contribution in [3.8, 4) is 0 Å². The van der Waals surface area contributed by atoms with Crippen LogP contribution in [-0.2, 0) is 0 Å². The molecule has 0 aromatic rings. The maximum Gasteiger partial charge on any atom is 0.191 e. The lowest BCUT2D eigenvalue weighted by molar-refractivity contribution is 0.273. The Bertz CT molecular complexity index is 286. The van der Waals surface area contributed by atoms with E-state index in [4.69, 9.17) is 4.99 Å². The Balaban J connectivity index is 2.38. The molecule has 4 nitrogen and oxygen atoms in total. The van der Waals surface area contributed by atoms with Gasteiger partial charge in [0.05, 0.1) is 6.54 Å². The molecule has 0 saturated carbocycles. The molecule has 110 valence electrons. The van der Waals surface area contributed by atoms with Gasteiger partial charge in [-0.2, -0.15) is 0 Å². The minimum Gasteiger partial charge on any atom is -0.357 e. The van der Waals surface area contributed by atoms with Gasteiger partial charge in [-0.3, -0.25) is 9.89 Å². The van der Waals surface area contributed by atoms with Gasteiger partial charge in [0, 0.05) is 19.1 Å². The van der Waals surface area contributed by atoms with E-state index in [1.807, 2.05) is 0 Å². The quantitative estimate of drug-likeness (QED) is 0.320. The van der Waals surface area contributed by atoms with Crippen molar-refractivity contribution in [2.45, 2.75) is 46.1 Å². The molecule has 1 rings (SSSR count). The van der Waals surface area contributed by atoms with Gasteiger partial charge in [0.25, 0.3) is 0 Å². The predicted molar refractivity (Wildman–Crippen MR) is 83.7 cm³/mol. The second-order valence-electron chi connectivity index (χ2n) is 4.93. The van der Waals surface area contributed by atoms with Crippen LogP contribution >= 0.6 is 0 Å². The Labute approximate surface area is 118 Å². The lowest BCUT2D eigenvalue weighted by Gasteiger charge is -2.21. The van der Waals surface area contributed by atoms with E-state index in [-0.39, 0.29) is 0 Å². The van der Waals surface area contributed by atoms with Crippen molar-refractivity contribution in [3.05, 3.63) is 12.2 Å². The molecule has 0 spiro atoms. The number of aliphatic imine (C=N–C) groups is 1. The zero-order valence-corrected chi connectivity index (χ0v) is 12.8. The Hall–Kier alpha value is -1.03. The Morgan fingerprint density at radius 3 is 2.89 bits per heavy atom. The molecule has 1 unspecified atom stereocenters. The molecule has 0 bridgehead atoms. The fourth-order valence-corrected chi connectivity index (χ4v) is 2.50. The summed E-state index contributed by atoms with van der Waals surface area (Å²) in [5.41, 5.74) is 0. The molecule has 0 amide bonds. The van der Waals surface area contributed by atoms with Crippen molar-refractivity contribution < 1.29 is 0 Å². The molecular formula is C15H30N4. The molecule has 1 aliphatic heterocycles. The Morgan fingerprint density at radius 2 is 2.21 bits per heavy atom. The van der Waals surface area contributed by atoms with Gasteiger partial charge in [-0.15, -0.1) is 0 Å². The summed E-state index contributed by atoms with van der Waals surface area (Å²) in [6.07, 6.45) is 7.91. The van der Waals surface area contributed by atoms with E-state index in [0.29, 0.717) is 6.04 Å². The highest BCUT2D eigenvalue weighted by molar-refractivity contribution is 5.79. The van der Waals surface area contributed by atoms with Crippen LogP contribution in [0.2, 0.25) is 0 Å². The first-order chi connectivity index (χ1) is 9.31. The molecular weight excluding hydrogens is 236 g/mol. The third-order valence-electron chi connectivity index (χ3n) is 3.55. The topological polar surface area (TPSA) is 39.7 Å². The SMILES string of the molecule is CC=CCCNC(=NCC1CCCN1CC)NCC. The summed E-state index contributed by atoms with van der Waals surface area (Å²) < 4.78 is 0. The molecule has 0 radical (unpaired) electrons. The third kappa shape index (κ3) is 6.10. The molecule has 4 heteroatoms. The second-order valence-corrected chi connectivity index (χ2v) is 4.93. The zero-order chi connectivity index (χ0) is 13.9. The molecule has 0 aromatic carbocycles. The number of guanidine groups is 1. The number of nitrogens with zero attached hydrogens (tertiary/aromatic N) is 2. The average Bonchev–Trinajstić information content (AvgIpc) is 2.88. The summed E-state index contributed by atoms with van der Waals surface area (Å²) in [5.74, 6) is 0.954. The van der Waals surface area contributed by atoms with Crippen LogP contribution in [0.1, 0.15) is 40.0 Å². The van der Waals surface area contributed by atoms with Crippen molar-refractivity contribution in [3.63, 3.8) is 0 Å². The second kappa shape index (κ2) is 9.84. The van der Waals surface area contributed by atoms with Crippen LogP contribution in [0.3, 0.4) is 0 Å². The third-order valence-corrected chi connectivity index (χ3v) is 3.55. The highest BCUT2D eigenvalue weighted by atomic mass is 15.2. The van der Waals surface area contributed by atoms with Crippen LogP contribution in [0.4, 0.5) is 0 Å². The van der Waals surface area contributed by atoms with E-state index in [0.717, 1.165) is 38.6 Å². The maximum absolute atomic E-state index is 4.72. The normalized spacial score (nSPS) is 21.2. The van der Waals surface area contributed by atoms with Crippen LogP contribution in [0.5, 0.6) is 0 Å². The fraction of sp³-hybridized carbons (Fsp3) is 0.800. The van der Waals surface area contributed by atoms with Gasteiger partial charge in [0.15, 0.2) is 5.96 Å². The number of likely N-dealkylation sites (N-methyl/N-ethyl adjacent to an activating group) is 1. The molecule has 2 N–H and O–H groups in total. The van der Waals surface area contributed by atoms with E-state index in [1.165, 1.54) is 19.4 Å². The number of hydrogen-bond acceptors (Lipinski definition) is 2. The van der Waals surface area contributed by atoms with Gasteiger partial charge in [-0.25, -0.2) is 0 Å². The Morgan fingerprint density at radius 1 is 1.37 bits per heavy atom.